The zero-order chi connectivity index (χ0) is 25.9. The number of hydrogen-bond acceptors (Lipinski definition) is 4. The molecule has 0 N–H and O–H groups in total. The summed E-state index contributed by atoms with van der Waals surface area (Å²) in [5, 5.41) is 4.36. The Morgan fingerprint density at radius 3 is 2.39 bits per heavy atom. The maximum Gasteiger partial charge on any atom is 0.264 e. The van der Waals surface area contributed by atoms with Gasteiger partial charge in [-0.1, -0.05) is 17.7 Å². The van der Waals surface area contributed by atoms with Gasteiger partial charge < -0.3 is 0 Å². The quantitative estimate of drug-likeness (QED) is 0.266. The highest BCUT2D eigenvalue weighted by molar-refractivity contribution is 7.92. The van der Waals surface area contributed by atoms with E-state index in [4.69, 9.17) is 11.6 Å². The van der Waals surface area contributed by atoms with Crippen LogP contribution in [-0.4, -0.2) is 23.2 Å². The predicted molar refractivity (Wildman–Crippen MR) is 131 cm³/mol. The molecular formula is C25H22ClF3N4O2S. The van der Waals surface area contributed by atoms with E-state index in [9.17, 15) is 21.6 Å². The van der Waals surface area contributed by atoms with Crippen molar-refractivity contribution in [3.05, 3.63) is 107 Å². The minimum Gasteiger partial charge on any atom is -0.256 e. The maximum absolute atomic E-state index is 15.0. The van der Waals surface area contributed by atoms with Gasteiger partial charge in [-0.3, -0.25) is 8.99 Å². The minimum absolute atomic E-state index is 0.155. The molecule has 0 spiro atoms. The highest BCUT2D eigenvalue weighted by atomic mass is 35.5. The normalized spacial score (nSPS) is 12.5. The number of sulfonamides is 1. The van der Waals surface area contributed by atoms with Gasteiger partial charge >= 0.3 is 0 Å². The van der Waals surface area contributed by atoms with Crippen LogP contribution in [0.3, 0.4) is 0 Å². The van der Waals surface area contributed by atoms with Crippen LogP contribution >= 0.6 is 11.6 Å². The molecule has 0 aliphatic carbocycles. The van der Waals surface area contributed by atoms with Crippen molar-refractivity contribution in [2.75, 3.05) is 4.31 Å². The fourth-order valence-electron chi connectivity index (χ4n) is 4.03. The molecular weight excluding hydrogens is 513 g/mol. The van der Waals surface area contributed by atoms with E-state index in [0.717, 1.165) is 22.5 Å². The van der Waals surface area contributed by atoms with E-state index in [1.165, 1.54) is 48.8 Å². The lowest BCUT2D eigenvalue weighted by Gasteiger charge is -2.32. The first-order chi connectivity index (χ1) is 17.2. The van der Waals surface area contributed by atoms with Crippen molar-refractivity contribution < 1.29 is 21.6 Å². The number of hydrogen-bond donors (Lipinski definition) is 0. The van der Waals surface area contributed by atoms with Crippen LogP contribution in [0.2, 0.25) is 5.02 Å². The van der Waals surface area contributed by atoms with Crippen molar-refractivity contribution in [2.45, 2.75) is 37.2 Å². The highest BCUT2D eigenvalue weighted by Gasteiger charge is 2.33. The summed E-state index contributed by atoms with van der Waals surface area (Å²) in [6.45, 7) is 2.06. The zero-order valence-electron chi connectivity index (χ0n) is 19.2. The third kappa shape index (κ3) is 5.55. The van der Waals surface area contributed by atoms with Gasteiger partial charge in [-0.05, 0) is 79.4 Å². The molecule has 0 radical (unpaired) electrons. The number of aryl methyl sites for hydroxylation is 2. The number of rotatable bonds is 9. The molecule has 1 unspecified atom stereocenters. The van der Waals surface area contributed by atoms with Crippen molar-refractivity contribution in [3.63, 3.8) is 0 Å². The van der Waals surface area contributed by atoms with Crippen LogP contribution in [0, 0.1) is 17.5 Å². The zero-order valence-corrected chi connectivity index (χ0v) is 20.7. The lowest BCUT2D eigenvalue weighted by molar-refractivity contribution is 0.563. The third-order valence-corrected chi connectivity index (χ3v) is 7.87. The lowest BCUT2D eigenvalue weighted by Crippen LogP contribution is -2.35. The first-order valence-electron chi connectivity index (χ1n) is 11.0. The van der Waals surface area contributed by atoms with Gasteiger partial charge in [-0.25, -0.2) is 26.6 Å². The van der Waals surface area contributed by atoms with E-state index in [2.05, 4.69) is 10.1 Å². The third-order valence-electron chi connectivity index (χ3n) is 5.72. The molecule has 6 nitrogen and oxygen atoms in total. The van der Waals surface area contributed by atoms with Gasteiger partial charge in [-0.2, -0.15) is 5.10 Å². The van der Waals surface area contributed by atoms with E-state index in [1.807, 2.05) is 0 Å². The lowest BCUT2D eigenvalue weighted by atomic mass is 9.97. The van der Waals surface area contributed by atoms with Gasteiger partial charge in [0, 0.05) is 17.6 Å². The van der Waals surface area contributed by atoms with Crippen LogP contribution in [0.4, 0.5) is 18.9 Å². The second kappa shape index (κ2) is 10.7. The predicted octanol–water partition coefficient (Wildman–Crippen LogP) is 5.94. The second-order valence-electron chi connectivity index (χ2n) is 8.13. The van der Waals surface area contributed by atoms with E-state index in [0.29, 0.717) is 35.5 Å². The van der Waals surface area contributed by atoms with Crippen LogP contribution in [0.5, 0.6) is 0 Å². The Morgan fingerprint density at radius 2 is 1.69 bits per heavy atom. The minimum atomic E-state index is -4.39. The Kier molecular flexibility index (Phi) is 7.65. The Morgan fingerprint density at radius 1 is 1.00 bits per heavy atom. The first kappa shape index (κ1) is 25.7. The van der Waals surface area contributed by atoms with E-state index in [-0.39, 0.29) is 4.90 Å². The fraction of sp³-hybridized carbons (Fsp3) is 0.200. The molecule has 0 amide bonds. The second-order valence-corrected chi connectivity index (χ2v) is 10.4. The molecule has 36 heavy (non-hydrogen) atoms. The molecule has 0 bridgehead atoms. The fourth-order valence-corrected chi connectivity index (χ4v) is 5.79. The molecule has 4 aromatic rings. The number of benzene rings is 3. The van der Waals surface area contributed by atoms with Crippen LogP contribution < -0.4 is 4.31 Å². The van der Waals surface area contributed by atoms with E-state index in [1.54, 1.807) is 17.9 Å². The summed E-state index contributed by atoms with van der Waals surface area (Å²) in [6.07, 6.45) is 3.91. The van der Waals surface area contributed by atoms with Gasteiger partial charge in [-0.15, -0.1) is 0 Å². The van der Waals surface area contributed by atoms with Gasteiger partial charge in [0.25, 0.3) is 10.0 Å². The Labute approximate surface area is 212 Å². The summed E-state index contributed by atoms with van der Waals surface area (Å²) in [5.74, 6) is -2.22. The van der Waals surface area contributed by atoms with Crippen molar-refractivity contribution in [3.8, 4) is 0 Å². The van der Waals surface area contributed by atoms with Gasteiger partial charge in [0.15, 0.2) is 0 Å². The van der Waals surface area contributed by atoms with Gasteiger partial charge in [0.1, 0.15) is 30.1 Å². The van der Waals surface area contributed by atoms with E-state index < -0.39 is 39.2 Å². The number of anilines is 1. The summed E-state index contributed by atoms with van der Waals surface area (Å²) < 4.78 is 73.3. The molecule has 1 aromatic heterocycles. The largest absolute Gasteiger partial charge is 0.264 e. The van der Waals surface area contributed by atoms with Gasteiger partial charge in [0.05, 0.1) is 16.6 Å². The average molecular weight is 535 g/mol. The molecule has 0 fully saturated rings. The molecule has 1 atom stereocenters. The number of aromatic nitrogens is 3. The van der Waals surface area contributed by atoms with Crippen molar-refractivity contribution in [1.82, 2.24) is 14.8 Å². The molecule has 3 aromatic carbocycles. The van der Waals surface area contributed by atoms with Gasteiger partial charge in [0.2, 0.25) is 0 Å². The van der Waals surface area contributed by atoms with Crippen molar-refractivity contribution in [2.24, 2.45) is 0 Å². The molecule has 4 rings (SSSR count). The van der Waals surface area contributed by atoms with Crippen molar-refractivity contribution >= 4 is 27.3 Å². The molecule has 188 valence electrons. The summed E-state index contributed by atoms with van der Waals surface area (Å²) in [7, 11) is -4.39. The first-order valence-corrected chi connectivity index (χ1v) is 12.8. The van der Waals surface area contributed by atoms with Crippen LogP contribution in [0.15, 0.2) is 78.2 Å². The summed E-state index contributed by atoms with van der Waals surface area (Å²) in [4.78, 5) is 3.73. The summed E-state index contributed by atoms with van der Waals surface area (Å²) >= 11 is 5.92. The van der Waals surface area contributed by atoms with Crippen LogP contribution in [-0.2, 0) is 23.0 Å². The Hall–Kier alpha value is -3.37. The molecule has 0 saturated heterocycles. The van der Waals surface area contributed by atoms with Crippen LogP contribution in [0.1, 0.15) is 30.5 Å². The topological polar surface area (TPSA) is 68.1 Å². The van der Waals surface area contributed by atoms with Crippen LogP contribution in [0.25, 0.3) is 0 Å². The standard InChI is InChI=1S/C25H22ClF3N4O2S/c1-17(23-10-6-20(27)13-18(23)3-2-12-32-16-30-15-31-32)33(25-14-21(28)7-11-24(25)29)36(34,35)22-8-4-19(26)5-9-22/h4-11,13-17H,2-3,12H2,1H3. The van der Waals surface area contributed by atoms with Crippen molar-refractivity contribution in [1.29, 1.82) is 0 Å². The SMILES string of the molecule is CC(c1ccc(F)cc1CCCn1cncn1)N(c1cc(F)ccc1F)S(=O)(=O)c1ccc(Cl)cc1. The average Bonchev–Trinajstić information content (AvgIpc) is 3.35. The Bertz CT molecular complexity index is 1450. The maximum atomic E-state index is 15.0. The monoisotopic (exact) mass is 534 g/mol. The molecule has 0 saturated carbocycles. The number of nitrogens with zero attached hydrogens (tertiary/aromatic N) is 4. The molecule has 0 aliphatic rings. The smallest absolute Gasteiger partial charge is 0.256 e. The number of halogens is 4. The molecule has 11 heteroatoms. The molecule has 1 heterocycles. The highest BCUT2D eigenvalue weighted by Crippen LogP contribution is 2.37. The van der Waals surface area contributed by atoms with E-state index >= 15 is 0 Å². The summed E-state index contributed by atoms with van der Waals surface area (Å²) in [5.41, 5.74) is 0.530. The summed E-state index contributed by atoms with van der Waals surface area (Å²) in [6, 6.07) is 11.0. The molecule has 0 aliphatic heterocycles. The Balaban J connectivity index is 1.78.